The van der Waals surface area contributed by atoms with E-state index in [0.29, 0.717) is 11.4 Å². The van der Waals surface area contributed by atoms with E-state index in [0.717, 1.165) is 9.32 Å². The number of anilines is 2. The van der Waals surface area contributed by atoms with Crippen LogP contribution in [0.5, 0.6) is 0 Å². The average Bonchev–Trinajstić information content (AvgIpc) is 2.26. The topological polar surface area (TPSA) is 43.8 Å². The molecule has 0 atom stereocenters. The second-order valence-electron chi connectivity index (χ2n) is 2.97. The molecule has 7 heteroatoms. The number of nitrogens with zero attached hydrogens (tertiary/aromatic N) is 2. The molecule has 1 aromatic rings. The Bertz CT molecular complexity index is 489. The van der Waals surface area contributed by atoms with Crippen molar-refractivity contribution in [1.29, 1.82) is 0 Å². The molecule has 0 bridgehead atoms. The van der Waals surface area contributed by atoms with E-state index in [1.165, 1.54) is 0 Å². The molecule has 0 saturated carbocycles. The zero-order chi connectivity index (χ0) is 11.9. The zero-order valence-corrected chi connectivity index (χ0v) is 9.96. The lowest BCUT2D eigenvalue weighted by atomic mass is 10.2. The van der Waals surface area contributed by atoms with Crippen LogP contribution < -0.4 is 9.32 Å². The first kappa shape index (κ1) is 11.4. The summed E-state index contributed by atoms with van der Waals surface area (Å²) in [5.41, 5.74) is 0.820. The van der Waals surface area contributed by atoms with Crippen molar-refractivity contribution in [2.24, 2.45) is 0 Å². The Morgan fingerprint density at radius 2 is 1.69 bits per heavy atom. The minimum Gasteiger partial charge on any atom is -0.464 e. The minimum absolute atomic E-state index is 0.0515. The van der Waals surface area contributed by atoms with Crippen LogP contribution in [0.4, 0.5) is 16.2 Å². The van der Waals surface area contributed by atoms with Gasteiger partial charge in [0.1, 0.15) is 0 Å². The maximum atomic E-state index is 11.1. The number of fused-ring (bicyclic) bond motifs is 1. The molecule has 0 radical (unpaired) electrons. The lowest BCUT2D eigenvalue weighted by Gasteiger charge is -2.30. The first-order chi connectivity index (χ1) is 7.54. The molecule has 0 fully saturated rings. The number of halogens is 3. The Morgan fingerprint density at radius 1 is 1.12 bits per heavy atom. The van der Waals surface area contributed by atoms with E-state index in [2.05, 4.69) is 0 Å². The third-order valence-corrected chi connectivity index (χ3v) is 3.29. The first-order valence-electron chi connectivity index (χ1n) is 4.17. The summed E-state index contributed by atoms with van der Waals surface area (Å²) >= 11 is 17.5. The van der Waals surface area contributed by atoms with Gasteiger partial charge < -0.3 is 5.11 Å². The van der Waals surface area contributed by atoms with Crippen molar-refractivity contribution in [3.63, 3.8) is 0 Å². The van der Waals surface area contributed by atoms with Gasteiger partial charge in [0.05, 0.1) is 11.4 Å². The van der Waals surface area contributed by atoms with Crippen molar-refractivity contribution < 1.29 is 9.90 Å². The van der Waals surface area contributed by atoms with Crippen LogP contribution in [0.1, 0.15) is 0 Å². The summed E-state index contributed by atoms with van der Waals surface area (Å²) in [6.07, 6.45) is -1.22. The Kier molecular flexibility index (Phi) is 2.88. The summed E-state index contributed by atoms with van der Waals surface area (Å²) in [6, 6.07) is 6.63. The molecule has 1 amide bonds. The van der Waals surface area contributed by atoms with Crippen molar-refractivity contribution in [1.82, 2.24) is 0 Å². The quantitative estimate of drug-likeness (QED) is 0.581. The summed E-state index contributed by atoms with van der Waals surface area (Å²) in [5.74, 6) is 0. The standard InChI is InChI=1S/C9H5Cl3N2O2/c10-7-8(11)14(12)6-4-2-1-3-5(6)13(7)9(15)16/h1-4H,(H,15,16). The van der Waals surface area contributed by atoms with Gasteiger partial charge in [0.2, 0.25) is 0 Å². The van der Waals surface area contributed by atoms with Gasteiger partial charge in [-0.1, -0.05) is 35.3 Å². The predicted molar refractivity (Wildman–Crippen MR) is 64.0 cm³/mol. The maximum absolute atomic E-state index is 11.1. The molecule has 0 saturated heterocycles. The highest BCUT2D eigenvalue weighted by Gasteiger charge is 2.32. The van der Waals surface area contributed by atoms with Gasteiger partial charge in [-0.25, -0.2) is 14.1 Å². The predicted octanol–water partition coefficient (Wildman–Crippen LogP) is 3.75. The number of carbonyl (C=O) groups is 1. The zero-order valence-electron chi connectivity index (χ0n) is 7.69. The molecule has 0 unspecified atom stereocenters. The summed E-state index contributed by atoms with van der Waals surface area (Å²) in [4.78, 5) is 11.9. The number of para-hydroxylation sites is 2. The molecule has 0 aliphatic carbocycles. The van der Waals surface area contributed by atoms with Gasteiger partial charge in [0.15, 0.2) is 10.3 Å². The Labute approximate surface area is 106 Å². The van der Waals surface area contributed by atoms with Crippen molar-refractivity contribution in [2.45, 2.75) is 0 Å². The SMILES string of the molecule is O=C(O)N1C(Cl)=C(Cl)N(Cl)c2ccccc21. The van der Waals surface area contributed by atoms with Crippen LogP contribution in [0.25, 0.3) is 0 Å². The van der Waals surface area contributed by atoms with Crippen LogP contribution in [-0.4, -0.2) is 11.2 Å². The van der Waals surface area contributed by atoms with Crippen LogP contribution in [0.15, 0.2) is 34.6 Å². The molecule has 84 valence electrons. The third kappa shape index (κ3) is 1.59. The van der Waals surface area contributed by atoms with E-state index in [4.69, 9.17) is 40.1 Å². The van der Waals surface area contributed by atoms with Crippen LogP contribution in [0.2, 0.25) is 0 Å². The van der Waals surface area contributed by atoms with Gasteiger partial charge in [0, 0.05) is 11.8 Å². The van der Waals surface area contributed by atoms with Crippen LogP contribution in [0, 0.1) is 0 Å². The number of benzene rings is 1. The molecule has 0 spiro atoms. The van der Waals surface area contributed by atoms with E-state index in [1.54, 1.807) is 24.3 Å². The van der Waals surface area contributed by atoms with Gasteiger partial charge in [-0.15, -0.1) is 0 Å². The average molecular weight is 280 g/mol. The van der Waals surface area contributed by atoms with Crippen molar-refractivity contribution in [2.75, 3.05) is 9.32 Å². The maximum Gasteiger partial charge on any atom is 0.417 e. The molecule has 2 rings (SSSR count). The molecule has 0 aromatic heterocycles. The van der Waals surface area contributed by atoms with E-state index in [1.807, 2.05) is 0 Å². The second kappa shape index (κ2) is 4.05. The van der Waals surface area contributed by atoms with Gasteiger partial charge in [-0.2, -0.15) is 0 Å². The van der Waals surface area contributed by atoms with Crippen LogP contribution >= 0.6 is 35.0 Å². The number of hydrogen-bond donors (Lipinski definition) is 1. The van der Waals surface area contributed by atoms with E-state index >= 15 is 0 Å². The van der Waals surface area contributed by atoms with Crippen LogP contribution in [-0.2, 0) is 0 Å². The molecule has 1 aliphatic rings. The molecule has 16 heavy (non-hydrogen) atoms. The monoisotopic (exact) mass is 278 g/mol. The number of hydrogen-bond acceptors (Lipinski definition) is 2. The largest absolute Gasteiger partial charge is 0.464 e. The van der Waals surface area contributed by atoms with Crippen molar-refractivity contribution >= 4 is 52.4 Å². The fourth-order valence-corrected chi connectivity index (χ4v) is 2.08. The van der Waals surface area contributed by atoms with Crippen molar-refractivity contribution in [3.05, 3.63) is 34.6 Å². The molecule has 1 aromatic carbocycles. The molecule has 1 N–H and O–H groups in total. The summed E-state index contributed by atoms with van der Waals surface area (Å²) in [7, 11) is 0. The Balaban J connectivity index is 2.66. The molecule has 1 heterocycles. The van der Waals surface area contributed by atoms with Gasteiger partial charge in [-0.05, 0) is 12.1 Å². The number of amides is 1. The Hall–Kier alpha value is -1.10. The Morgan fingerprint density at radius 3 is 2.25 bits per heavy atom. The van der Waals surface area contributed by atoms with E-state index in [9.17, 15) is 4.79 Å². The lowest BCUT2D eigenvalue weighted by molar-refractivity contribution is 0.204. The second-order valence-corrected chi connectivity index (χ2v) is 4.02. The van der Waals surface area contributed by atoms with Gasteiger partial charge in [0.25, 0.3) is 0 Å². The molecular formula is C9H5Cl3N2O2. The summed E-state index contributed by atoms with van der Waals surface area (Å²) < 4.78 is 1.11. The number of rotatable bonds is 0. The highest BCUT2D eigenvalue weighted by molar-refractivity contribution is 6.48. The fourth-order valence-electron chi connectivity index (χ4n) is 1.39. The fraction of sp³-hybridized carbons (Fsp3) is 0. The third-order valence-electron chi connectivity index (χ3n) is 2.06. The smallest absolute Gasteiger partial charge is 0.417 e. The summed E-state index contributed by atoms with van der Waals surface area (Å²) in [5, 5.41) is 8.84. The highest BCUT2D eigenvalue weighted by Crippen LogP contribution is 2.43. The van der Waals surface area contributed by atoms with Gasteiger partial charge >= 0.3 is 6.09 Å². The normalized spacial score (nSPS) is 15.2. The molecule has 1 aliphatic heterocycles. The number of carboxylic acid groups (broad SMARTS) is 1. The highest BCUT2D eigenvalue weighted by atomic mass is 35.5. The van der Waals surface area contributed by atoms with Crippen molar-refractivity contribution in [3.8, 4) is 0 Å². The first-order valence-corrected chi connectivity index (χ1v) is 5.26. The van der Waals surface area contributed by atoms with Gasteiger partial charge in [-0.3, -0.25) is 0 Å². The van der Waals surface area contributed by atoms with Crippen LogP contribution in [0.3, 0.4) is 0 Å². The minimum atomic E-state index is -1.22. The summed E-state index contributed by atoms with van der Waals surface area (Å²) in [6.45, 7) is 0. The van der Waals surface area contributed by atoms with E-state index in [-0.39, 0.29) is 10.3 Å². The molecular weight excluding hydrogens is 274 g/mol. The van der Waals surface area contributed by atoms with E-state index < -0.39 is 6.09 Å². The lowest BCUT2D eigenvalue weighted by Crippen LogP contribution is -2.33. The molecule has 4 nitrogen and oxygen atoms in total.